The van der Waals surface area contributed by atoms with E-state index in [9.17, 15) is 4.79 Å². The van der Waals surface area contributed by atoms with Gasteiger partial charge in [-0.05, 0) is 30.2 Å². The number of aryl methyl sites for hydroxylation is 1. The third kappa shape index (κ3) is 4.89. The van der Waals surface area contributed by atoms with Crippen molar-refractivity contribution in [3.63, 3.8) is 0 Å². The molecule has 0 fully saturated rings. The first-order chi connectivity index (χ1) is 13.9. The van der Waals surface area contributed by atoms with Gasteiger partial charge in [0.05, 0.1) is 5.75 Å². The van der Waals surface area contributed by atoms with Gasteiger partial charge in [-0.1, -0.05) is 48.2 Å². The van der Waals surface area contributed by atoms with Gasteiger partial charge in [-0.2, -0.15) is 0 Å². The maximum atomic E-state index is 12.5. The molecule has 2 aromatic carbocycles. The van der Waals surface area contributed by atoms with Crippen LogP contribution in [0.4, 0.5) is 5.69 Å². The van der Waals surface area contributed by atoms with Crippen LogP contribution in [0.15, 0.2) is 53.7 Å². The molecule has 0 atom stereocenters. The number of hydrogen-bond acceptors (Lipinski definition) is 6. The molecule has 0 spiro atoms. The van der Waals surface area contributed by atoms with Crippen LogP contribution in [-0.2, 0) is 11.3 Å². The number of anilines is 1. The molecule has 0 aliphatic rings. The molecule has 152 valence electrons. The molecule has 0 radical (unpaired) electrons. The third-order valence-corrected chi connectivity index (χ3v) is 5.60. The van der Waals surface area contributed by atoms with Crippen LogP contribution in [0.5, 0.6) is 0 Å². The summed E-state index contributed by atoms with van der Waals surface area (Å²) in [6.07, 6.45) is 0. The summed E-state index contributed by atoms with van der Waals surface area (Å²) in [4.78, 5) is 16.3. The van der Waals surface area contributed by atoms with Crippen molar-refractivity contribution in [1.82, 2.24) is 19.8 Å². The van der Waals surface area contributed by atoms with Gasteiger partial charge in [0, 0.05) is 38.9 Å². The van der Waals surface area contributed by atoms with E-state index in [2.05, 4.69) is 10.2 Å². The summed E-state index contributed by atoms with van der Waals surface area (Å²) in [5.41, 5.74) is 4.21. The summed E-state index contributed by atoms with van der Waals surface area (Å²) in [5.74, 6) is 7.01. The minimum atomic E-state index is 0.00660. The molecule has 0 aliphatic carbocycles. The van der Waals surface area contributed by atoms with E-state index in [4.69, 9.17) is 5.84 Å². The lowest BCUT2D eigenvalue weighted by Crippen LogP contribution is -2.28. The highest BCUT2D eigenvalue weighted by Gasteiger charge is 2.16. The molecule has 0 unspecified atom stereocenters. The van der Waals surface area contributed by atoms with Crippen LogP contribution in [0.2, 0.25) is 0 Å². The number of rotatable bonds is 7. The summed E-state index contributed by atoms with van der Waals surface area (Å²) >= 11 is 1.29. The molecule has 0 aliphatic heterocycles. The number of carbonyl (C=O) groups excluding carboxylic acids is 1. The van der Waals surface area contributed by atoms with E-state index in [0.29, 0.717) is 17.5 Å². The fraction of sp³-hybridized carbons (Fsp3) is 0.286. The molecule has 8 heteroatoms. The van der Waals surface area contributed by atoms with Crippen molar-refractivity contribution in [3.8, 4) is 11.4 Å². The molecular formula is C21H26N6OS. The highest BCUT2D eigenvalue weighted by Crippen LogP contribution is 2.24. The van der Waals surface area contributed by atoms with E-state index < -0.39 is 0 Å². The molecule has 2 N–H and O–H groups in total. The van der Waals surface area contributed by atoms with E-state index in [1.165, 1.54) is 16.4 Å². The molecule has 29 heavy (non-hydrogen) atoms. The Balaban J connectivity index is 1.60. The summed E-state index contributed by atoms with van der Waals surface area (Å²) < 4.78 is 1.44. The van der Waals surface area contributed by atoms with Crippen molar-refractivity contribution in [3.05, 3.63) is 59.7 Å². The predicted octanol–water partition coefficient (Wildman–Crippen LogP) is 2.78. The topological polar surface area (TPSA) is 80.3 Å². The van der Waals surface area contributed by atoms with Gasteiger partial charge in [0.25, 0.3) is 0 Å². The summed E-state index contributed by atoms with van der Waals surface area (Å²) in [7, 11) is 5.81. The largest absolute Gasteiger partial charge is 0.378 e. The smallest absolute Gasteiger partial charge is 0.233 e. The Bertz CT molecular complexity index is 983. The van der Waals surface area contributed by atoms with Crippen LogP contribution in [0.25, 0.3) is 11.4 Å². The Morgan fingerprint density at radius 2 is 1.76 bits per heavy atom. The van der Waals surface area contributed by atoms with Crippen LogP contribution in [0.3, 0.4) is 0 Å². The van der Waals surface area contributed by atoms with Crippen LogP contribution >= 0.6 is 11.8 Å². The maximum absolute atomic E-state index is 12.5. The first kappa shape index (κ1) is 20.7. The molecule has 1 aromatic heterocycles. The third-order valence-electron chi connectivity index (χ3n) is 4.67. The second-order valence-electron chi connectivity index (χ2n) is 7.09. The second-order valence-corrected chi connectivity index (χ2v) is 8.03. The zero-order chi connectivity index (χ0) is 21.0. The maximum Gasteiger partial charge on any atom is 0.233 e. The summed E-state index contributed by atoms with van der Waals surface area (Å²) in [5, 5.41) is 8.86. The number of benzene rings is 2. The average molecular weight is 411 g/mol. The van der Waals surface area contributed by atoms with E-state index in [-0.39, 0.29) is 11.7 Å². The molecule has 1 heterocycles. The lowest BCUT2D eigenvalue weighted by molar-refractivity contribution is -0.127. The molecule has 3 aromatic rings. The van der Waals surface area contributed by atoms with Crippen LogP contribution in [0, 0.1) is 6.92 Å². The molecule has 0 bridgehead atoms. The lowest BCUT2D eigenvalue weighted by Gasteiger charge is -2.18. The zero-order valence-corrected chi connectivity index (χ0v) is 18.0. The SMILES string of the molecule is Cc1ccccc1-c1nnc(SCC(=O)N(C)Cc2ccc(N(C)C)cc2)n1N. The van der Waals surface area contributed by atoms with Gasteiger partial charge >= 0.3 is 0 Å². The minimum Gasteiger partial charge on any atom is -0.378 e. The number of amides is 1. The highest BCUT2D eigenvalue weighted by molar-refractivity contribution is 7.99. The summed E-state index contributed by atoms with van der Waals surface area (Å²) in [6, 6.07) is 16.0. The first-order valence-electron chi connectivity index (χ1n) is 9.26. The fourth-order valence-electron chi connectivity index (χ4n) is 2.88. The Hall–Kier alpha value is -3.00. The number of thioether (sulfide) groups is 1. The second kappa shape index (κ2) is 9.00. The van der Waals surface area contributed by atoms with Gasteiger partial charge in [0.1, 0.15) is 0 Å². The van der Waals surface area contributed by atoms with Gasteiger partial charge in [0.15, 0.2) is 5.82 Å². The van der Waals surface area contributed by atoms with Gasteiger partial charge < -0.3 is 15.6 Å². The van der Waals surface area contributed by atoms with Crippen molar-refractivity contribution >= 4 is 23.4 Å². The van der Waals surface area contributed by atoms with Gasteiger partial charge in [-0.25, -0.2) is 4.68 Å². The number of nitrogens with two attached hydrogens (primary N) is 1. The van der Waals surface area contributed by atoms with Crippen molar-refractivity contribution in [2.24, 2.45) is 0 Å². The van der Waals surface area contributed by atoms with E-state index in [1.54, 1.807) is 11.9 Å². The fourth-order valence-corrected chi connectivity index (χ4v) is 3.68. The Kier molecular flexibility index (Phi) is 6.43. The first-order valence-corrected chi connectivity index (χ1v) is 10.2. The molecular weight excluding hydrogens is 384 g/mol. The van der Waals surface area contributed by atoms with Crippen molar-refractivity contribution in [2.45, 2.75) is 18.6 Å². The number of nitrogens with zero attached hydrogens (tertiary/aromatic N) is 5. The monoisotopic (exact) mass is 410 g/mol. The predicted molar refractivity (Wildman–Crippen MR) is 118 cm³/mol. The zero-order valence-electron chi connectivity index (χ0n) is 17.2. The molecule has 1 amide bonds. The van der Waals surface area contributed by atoms with E-state index in [0.717, 1.165) is 22.4 Å². The van der Waals surface area contributed by atoms with E-state index >= 15 is 0 Å². The van der Waals surface area contributed by atoms with Crippen LogP contribution in [0.1, 0.15) is 11.1 Å². The van der Waals surface area contributed by atoms with Crippen molar-refractivity contribution in [1.29, 1.82) is 0 Å². The van der Waals surface area contributed by atoms with Gasteiger partial charge in [-0.15, -0.1) is 10.2 Å². The molecule has 0 saturated carbocycles. The Morgan fingerprint density at radius 3 is 2.41 bits per heavy atom. The van der Waals surface area contributed by atoms with E-state index in [1.807, 2.05) is 74.4 Å². The number of aromatic nitrogens is 3. The average Bonchev–Trinajstić information content (AvgIpc) is 3.07. The highest BCUT2D eigenvalue weighted by atomic mass is 32.2. The number of hydrogen-bond donors (Lipinski definition) is 1. The number of nitrogen functional groups attached to an aromatic ring is 1. The summed E-state index contributed by atoms with van der Waals surface area (Å²) in [6.45, 7) is 2.55. The minimum absolute atomic E-state index is 0.00660. The number of carbonyl (C=O) groups is 1. The van der Waals surface area contributed by atoms with Crippen molar-refractivity contribution < 1.29 is 4.79 Å². The molecule has 0 saturated heterocycles. The normalized spacial score (nSPS) is 10.8. The molecule has 7 nitrogen and oxygen atoms in total. The van der Waals surface area contributed by atoms with Gasteiger partial charge in [0.2, 0.25) is 11.1 Å². The van der Waals surface area contributed by atoms with Crippen molar-refractivity contribution in [2.75, 3.05) is 37.6 Å². The Labute approximate surface area is 175 Å². The lowest BCUT2D eigenvalue weighted by atomic mass is 10.1. The molecule has 3 rings (SSSR count). The van der Waals surface area contributed by atoms with Crippen LogP contribution < -0.4 is 10.7 Å². The Morgan fingerprint density at radius 1 is 1.07 bits per heavy atom. The standard InChI is InChI=1S/C21H26N6OS/c1-15-7-5-6-8-18(15)20-23-24-21(27(20)22)29-14-19(28)26(4)13-16-9-11-17(12-10-16)25(2)3/h5-12H,13-14,22H2,1-4H3. The quantitative estimate of drug-likeness (QED) is 0.477. The van der Waals surface area contributed by atoms with Gasteiger partial charge in [-0.3, -0.25) is 4.79 Å². The van der Waals surface area contributed by atoms with Crippen LogP contribution in [-0.4, -0.2) is 52.6 Å².